The van der Waals surface area contributed by atoms with Gasteiger partial charge < -0.3 is 10.0 Å². The van der Waals surface area contributed by atoms with Gasteiger partial charge in [0.1, 0.15) is 0 Å². The van der Waals surface area contributed by atoms with Gasteiger partial charge in [-0.15, -0.1) is 0 Å². The van der Waals surface area contributed by atoms with Crippen molar-refractivity contribution in [3.05, 3.63) is 76.4 Å². The third kappa shape index (κ3) is 4.20. The number of hydrogen-bond acceptors (Lipinski definition) is 2. The lowest BCUT2D eigenvalue weighted by Crippen LogP contribution is -2.32. The van der Waals surface area contributed by atoms with E-state index in [-0.39, 0.29) is 6.42 Å². The summed E-state index contributed by atoms with van der Waals surface area (Å²) in [5.74, 6) is -0.684. The van der Waals surface area contributed by atoms with E-state index in [2.05, 4.69) is 53.4 Å². The summed E-state index contributed by atoms with van der Waals surface area (Å²) in [6.07, 6.45) is 6.48. The molecular weight excluding hydrogens is 346 g/mol. The topological polar surface area (TPSA) is 40.5 Å². The zero-order chi connectivity index (χ0) is 19.3. The molecule has 1 N–H and O–H groups in total. The van der Waals surface area contributed by atoms with Crippen LogP contribution < -0.4 is 0 Å². The van der Waals surface area contributed by atoms with Gasteiger partial charge in [-0.2, -0.15) is 0 Å². The Hall–Kier alpha value is -2.39. The molecule has 3 nitrogen and oxygen atoms in total. The first-order chi connectivity index (χ1) is 13.7. The Bertz CT molecular complexity index is 824. The highest BCUT2D eigenvalue weighted by atomic mass is 16.4. The summed E-state index contributed by atoms with van der Waals surface area (Å²) >= 11 is 0. The van der Waals surface area contributed by atoms with E-state index in [1.807, 2.05) is 0 Å². The van der Waals surface area contributed by atoms with Crippen molar-refractivity contribution in [3.8, 4) is 0 Å². The van der Waals surface area contributed by atoms with E-state index in [0.717, 1.165) is 58.2 Å². The largest absolute Gasteiger partial charge is 0.481 e. The van der Waals surface area contributed by atoms with Crippen LogP contribution in [0, 0.1) is 0 Å². The van der Waals surface area contributed by atoms with Crippen molar-refractivity contribution in [2.75, 3.05) is 19.6 Å². The van der Waals surface area contributed by atoms with Crippen LogP contribution in [0.4, 0.5) is 0 Å². The molecule has 0 atom stereocenters. The van der Waals surface area contributed by atoms with Crippen molar-refractivity contribution < 1.29 is 9.90 Å². The van der Waals surface area contributed by atoms with Gasteiger partial charge in [0.25, 0.3) is 0 Å². The number of aliphatic carboxylic acids is 1. The molecule has 2 aliphatic rings. The van der Waals surface area contributed by atoms with Crippen molar-refractivity contribution in [1.29, 1.82) is 0 Å². The number of carbonyl (C=O) groups is 1. The highest BCUT2D eigenvalue weighted by molar-refractivity contribution is 5.86. The van der Waals surface area contributed by atoms with Crippen LogP contribution in [0.3, 0.4) is 0 Å². The lowest BCUT2D eigenvalue weighted by Gasteiger charge is -2.30. The maximum absolute atomic E-state index is 10.7. The number of fused-ring (bicyclic) bond motifs is 2. The van der Waals surface area contributed by atoms with Gasteiger partial charge in [0, 0.05) is 19.5 Å². The molecule has 0 unspecified atom stereocenters. The molecule has 0 spiro atoms. The van der Waals surface area contributed by atoms with E-state index >= 15 is 0 Å². The normalized spacial score (nSPS) is 17.0. The lowest BCUT2D eigenvalue weighted by molar-refractivity contribution is -0.137. The number of likely N-dealkylation sites (tertiary alicyclic amines) is 1. The Morgan fingerprint density at radius 2 is 1.39 bits per heavy atom. The number of piperidine rings is 1. The first-order valence-electron chi connectivity index (χ1n) is 10.5. The van der Waals surface area contributed by atoms with Crippen LogP contribution in [-0.4, -0.2) is 35.6 Å². The number of benzene rings is 2. The molecule has 2 aromatic rings. The van der Waals surface area contributed by atoms with Crippen LogP contribution in [0.5, 0.6) is 0 Å². The van der Waals surface area contributed by atoms with Crippen molar-refractivity contribution in [1.82, 2.24) is 4.90 Å². The van der Waals surface area contributed by atoms with Crippen LogP contribution in [0.25, 0.3) is 5.57 Å². The Kier molecular flexibility index (Phi) is 5.92. The van der Waals surface area contributed by atoms with Crippen molar-refractivity contribution >= 4 is 11.5 Å². The van der Waals surface area contributed by atoms with Gasteiger partial charge in [-0.1, -0.05) is 54.1 Å². The summed E-state index contributed by atoms with van der Waals surface area (Å²) in [5, 5.41) is 8.79. The smallest absolute Gasteiger partial charge is 0.303 e. The summed E-state index contributed by atoms with van der Waals surface area (Å²) < 4.78 is 0. The zero-order valence-corrected chi connectivity index (χ0v) is 16.5. The van der Waals surface area contributed by atoms with Crippen LogP contribution >= 0.6 is 0 Å². The number of unbranched alkanes of at least 4 members (excludes halogenated alkanes) is 1. The van der Waals surface area contributed by atoms with Crippen molar-refractivity contribution in [2.24, 2.45) is 0 Å². The highest BCUT2D eigenvalue weighted by Gasteiger charge is 2.23. The van der Waals surface area contributed by atoms with Crippen LogP contribution in [0.2, 0.25) is 0 Å². The fraction of sp³-hybridized carbons (Fsp3) is 0.400. The minimum Gasteiger partial charge on any atom is -0.481 e. The summed E-state index contributed by atoms with van der Waals surface area (Å²) in [6.45, 7) is 3.18. The van der Waals surface area contributed by atoms with Crippen LogP contribution in [0.15, 0.2) is 54.1 Å². The fourth-order valence-corrected chi connectivity index (χ4v) is 4.67. The quantitative estimate of drug-likeness (QED) is 0.753. The fourth-order valence-electron chi connectivity index (χ4n) is 4.67. The molecule has 1 fully saturated rings. The second kappa shape index (κ2) is 8.74. The third-order valence-corrected chi connectivity index (χ3v) is 6.17. The Labute approximate surface area is 167 Å². The van der Waals surface area contributed by atoms with Gasteiger partial charge >= 0.3 is 5.97 Å². The predicted octanol–water partition coefficient (Wildman–Crippen LogP) is 4.94. The van der Waals surface area contributed by atoms with Gasteiger partial charge in [0.05, 0.1) is 0 Å². The van der Waals surface area contributed by atoms with Crippen LogP contribution in [-0.2, 0) is 17.6 Å². The number of aryl methyl sites for hydroxylation is 2. The molecule has 0 amide bonds. The Morgan fingerprint density at radius 1 is 0.821 bits per heavy atom. The van der Waals surface area contributed by atoms with Gasteiger partial charge in [-0.25, -0.2) is 0 Å². The van der Waals surface area contributed by atoms with Crippen LogP contribution in [0.1, 0.15) is 54.4 Å². The molecule has 0 aromatic heterocycles. The predicted molar refractivity (Wildman–Crippen MR) is 113 cm³/mol. The molecule has 146 valence electrons. The molecular formula is C25H29NO2. The average Bonchev–Trinajstić information content (AvgIpc) is 2.89. The van der Waals surface area contributed by atoms with Gasteiger partial charge in [0.2, 0.25) is 0 Å². The lowest BCUT2D eigenvalue weighted by atomic mass is 9.86. The van der Waals surface area contributed by atoms with E-state index in [1.165, 1.54) is 27.8 Å². The number of carboxylic acid groups (broad SMARTS) is 1. The van der Waals surface area contributed by atoms with Crippen molar-refractivity contribution in [3.63, 3.8) is 0 Å². The highest BCUT2D eigenvalue weighted by Crippen LogP contribution is 2.38. The SMILES string of the molecule is O=C(O)CCCCN1CCC(=C2c3ccccc3CCc3ccccc32)CC1. The number of nitrogens with zero attached hydrogens (tertiary/aromatic N) is 1. The average molecular weight is 376 g/mol. The first kappa shape index (κ1) is 18.9. The van der Waals surface area contributed by atoms with Crippen molar-refractivity contribution in [2.45, 2.75) is 44.9 Å². The minimum atomic E-state index is -0.684. The van der Waals surface area contributed by atoms with Gasteiger partial charge in [0.15, 0.2) is 0 Å². The molecule has 1 aliphatic carbocycles. The molecule has 28 heavy (non-hydrogen) atoms. The van der Waals surface area contributed by atoms with Gasteiger partial charge in [-0.05, 0) is 72.9 Å². The maximum Gasteiger partial charge on any atom is 0.303 e. The maximum atomic E-state index is 10.7. The first-order valence-corrected chi connectivity index (χ1v) is 10.5. The second-order valence-electron chi connectivity index (χ2n) is 7.99. The molecule has 4 rings (SSSR count). The van der Waals surface area contributed by atoms with E-state index in [1.54, 1.807) is 5.57 Å². The molecule has 3 heteroatoms. The summed E-state index contributed by atoms with van der Waals surface area (Å²) in [7, 11) is 0. The minimum absolute atomic E-state index is 0.288. The second-order valence-corrected chi connectivity index (χ2v) is 7.99. The Balaban J connectivity index is 1.55. The zero-order valence-electron chi connectivity index (χ0n) is 16.5. The number of hydrogen-bond donors (Lipinski definition) is 1. The van der Waals surface area contributed by atoms with E-state index in [9.17, 15) is 4.79 Å². The summed E-state index contributed by atoms with van der Waals surface area (Å²) in [4.78, 5) is 13.2. The summed E-state index contributed by atoms with van der Waals surface area (Å²) in [5.41, 5.74) is 8.86. The monoisotopic (exact) mass is 375 g/mol. The van der Waals surface area contributed by atoms with Gasteiger partial charge in [-0.3, -0.25) is 4.79 Å². The number of rotatable bonds is 5. The van der Waals surface area contributed by atoms with E-state index in [0.29, 0.717) is 0 Å². The molecule has 2 aromatic carbocycles. The summed E-state index contributed by atoms with van der Waals surface area (Å²) in [6, 6.07) is 17.9. The Morgan fingerprint density at radius 3 is 1.96 bits per heavy atom. The number of carboxylic acids is 1. The molecule has 1 aliphatic heterocycles. The molecule has 1 saturated heterocycles. The molecule has 0 bridgehead atoms. The molecule has 0 saturated carbocycles. The third-order valence-electron chi connectivity index (χ3n) is 6.17. The molecule has 1 heterocycles. The standard InChI is InChI=1S/C25H29NO2/c27-24(28)11-5-6-16-26-17-14-21(15-18-26)25-22-9-3-1-7-19(22)12-13-20-8-2-4-10-23(20)25/h1-4,7-10H,5-6,11-18H2,(H,27,28). The molecule has 0 radical (unpaired) electrons. The van der Waals surface area contributed by atoms with E-state index < -0.39 is 5.97 Å². The van der Waals surface area contributed by atoms with E-state index in [4.69, 9.17) is 5.11 Å².